The van der Waals surface area contributed by atoms with Crippen LogP contribution in [0.1, 0.15) is 13.8 Å². The maximum absolute atomic E-state index is 11.9. The van der Waals surface area contributed by atoms with Gasteiger partial charge in [-0.1, -0.05) is 0 Å². The van der Waals surface area contributed by atoms with Crippen LogP contribution >= 0.6 is 0 Å². The van der Waals surface area contributed by atoms with Gasteiger partial charge in [-0.2, -0.15) is 0 Å². The molecule has 36 heavy (non-hydrogen) atoms. The number of aromatic amines is 1. The molecule has 0 spiro atoms. The smallest absolute Gasteiger partial charge is 0.332 e. The molecule has 0 amide bonds. The topological polar surface area (TPSA) is 218 Å². The molecule has 5 N–H and O–H groups in total. The lowest BCUT2D eigenvalue weighted by molar-refractivity contribution is -0.137. The minimum absolute atomic E-state index is 0.0486. The second kappa shape index (κ2) is 10.5. The van der Waals surface area contributed by atoms with E-state index >= 15 is 0 Å². The van der Waals surface area contributed by atoms with E-state index in [4.69, 9.17) is 15.9 Å². The molecule has 0 aromatic carbocycles. The van der Waals surface area contributed by atoms with Crippen molar-refractivity contribution in [3.05, 3.63) is 54.3 Å². The Bertz CT molecular complexity index is 1640. The zero-order chi connectivity index (χ0) is 27.5. The van der Waals surface area contributed by atoms with Gasteiger partial charge in [0.2, 0.25) is 0 Å². The number of nitrogens with one attached hydrogen (secondary N) is 1. The second-order valence-electron chi connectivity index (χ2n) is 8.60. The van der Waals surface area contributed by atoms with Gasteiger partial charge in [0.1, 0.15) is 12.1 Å². The Labute approximate surface area is 202 Å². The van der Waals surface area contributed by atoms with Crippen molar-refractivity contribution in [2.75, 3.05) is 6.61 Å². The first kappa shape index (κ1) is 27.9. The van der Waals surface area contributed by atoms with Crippen LogP contribution in [0.5, 0.6) is 0 Å². The van der Waals surface area contributed by atoms with Crippen LogP contribution in [-0.4, -0.2) is 66.1 Å². The molecule has 0 aliphatic carbocycles. The molecule has 0 radical (unpaired) electrons. The number of carboxylic acid groups (broad SMARTS) is 1. The normalized spacial score (nSPS) is 11.1. The number of aryl methyl sites for hydroxylation is 2. The number of hydrogen-bond donors (Lipinski definition) is 4. The van der Waals surface area contributed by atoms with E-state index < -0.39 is 22.8 Å². The average Bonchev–Trinajstić information content (AvgIpc) is 3.46. The summed E-state index contributed by atoms with van der Waals surface area (Å²) in [5.74, 6) is -1.08. The monoisotopic (exact) mass is 507 g/mol. The van der Waals surface area contributed by atoms with Crippen molar-refractivity contribution in [2.24, 2.45) is 33.9 Å². The highest BCUT2D eigenvalue weighted by atomic mass is 16.4. The molecule has 0 atom stereocenters. The molecule has 0 saturated heterocycles. The molecule has 4 aromatic heterocycles. The number of nitrogens with two attached hydrogens (primary N) is 1. The maximum atomic E-state index is 11.9. The number of imidazole rings is 2. The Hall–Kier alpha value is -4.31. The quantitative estimate of drug-likeness (QED) is 0.223. The van der Waals surface area contributed by atoms with Crippen LogP contribution in [0.25, 0.3) is 22.3 Å². The van der Waals surface area contributed by atoms with Crippen LogP contribution in [-0.2, 0) is 39.5 Å². The Morgan fingerprint density at radius 3 is 1.94 bits per heavy atom. The third kappa shape index (κ3) is 5.66. The van der Waals surface area contributed by atoms with Crippen molar-refractivity contribution < 1.29 is 15.0 Å². The van der Waals surface area contributed by atoms with E-state index in [2.05, 4.69) is 15.0 Å². The van der Waals surface area contributed by atoms with Gasteiger partial charge in [-0.05, 0) is 13.8 Å². The molecule has 0 aliphatic heterocycles. The fourth-order valence-electron chi connectivity index (χ4n) is 2.93. The van der Waals surface area contributed by atoms with Gasteiger partial charge in [0, 0.05) is 33.7 Å². The summed E-state index contributed by atoms with van der Waals surface area (Å²) in [5.41, 5.74) is 4.13. The minimum atomic E-state index is -1.08. The molecular formula is C20H29N9O7. The number of rotatable bonds is 3. The number of aliphatic hydroxyl groups excluding tert-OH is 1. The minimum Gasteiger partial charge on any atom is -0.480 e. The fraction of sp³-hybridized carbons (Fsp3) is 0.450. The van der Waals surface area contributed by atoms with E-state index in [0.717, 1.165) is 9.13 Å². The number of H-pyrrole nitrogens is 1. The first-order chi connectivity index (χ1) is 16.6. The zero-order valence-electron chi connectivity index (χ0n) is 20.7. The van der Waals surface area contributed by atoms with Gasteiger partial charge in [-0.15, -0.1) is 0 Å². The second-order valence-corrected chi connectivity index (χ2v) is 8.60. The number of aliphatic carboxylic acids is 1. The van der Waals surface area contributed by atoms with Crippen molar-refractivity contribution >= 4 is 28.3 Å². The number of carbonyl (C=O) groups is 1. The van der Waals surface area contributed by atoms with E-state index in [-0.39, 0.29) is 35.6 Å². The van der Waals surface area contributed by atoms with Crippen LogP contribution < -0.4 is 28.2 Å². The first-order valence-electron chi connectivity index (χ1n) is 10.4. The molecule has 0 unspecified atom stereocenters. The molecule has 4 heterocycles. The highest BCUT2D eigenvalue weighted by molar-refractivity contribution is 5.74. The Kier molecular flexibility index (Phi) is 8.17. The zero-order valence-corrected chi connectivity index (χ0v) is 20.7. The predicted molar refractivity (Wildman–Crippen MR) is 130 cm³/mol. The van der Waals surface area contributed by atoms with Gasteiger partial charge in [-0.3, -0.25) is 32.7 Å². The highest BCUT2D eigenvalue weighted by Gasteiger charge is 2.15. The van der Waals surface area contributed by atoms with Gasteiger partial charge in [-0.25, -0.2) is 19.6 Å². The van der Waals surface area contributed by atoms with Crippen molar-refractivity contribution in [1.29, 1.82) is 0 Å². The Balaban J connectivity index is 0.000000212. The van der Waals surface area contributed by atoms with Gasteiger partial charge in [0.05, 0.1) is 19.3 Å². The molecule has 0 fully saturated rings. The molecule has 16 nitrogen and oxygen atoms in total. The molecule has 4 rings (SSSR count). The van der Waals surface area contributed by atoms with Crippen molar-refractivity contribution in [2.45, 2.75) is 25.9 Å². The van der Waals surface area contributed by atoms with Crippen molar-refractivity contribution in [1.82, 2.24) is 37.8 Å². The molecule has 0 bridgehead atoms. The van der Waals surface area contributed by atoms with Gasteiger partial charge >= 0.3 is 17.3 Å². The van der Waals surface area contributed by atoms with E-state index in [1.165, 1.54) is 47.5 Å². The van der Waals surface area contributed by atoms with Gasteiger partial charge in [0.15, 0.2) is 16.8 Å². The summed E-state index contributed by atoms with van der Waals surface area (Å²) < 4.78 is 5.70. The average molecular weight is 508 g/mol. The first-order valence-corrected chi connectivity index (χ1v) is 10.4. The third-order valence-corrected chi connectivity index (χ3v) is 4.96. The summed E-state index contributed by atoms with van der Waals surface area (Å²) in [6, 6.07) is 0. The number of nitrogens with zero attached hydrogens (tertiary/aromatic N) is 7. The maximum Gasteiger partial charge on any atom is 0.332 e. The number of aliphatic hydroxyl groups is 1. The van der Waals surface area contributed by atoms with E-state index in [9.17, 15) is 24.0 Å². The molecule has 196 valence electrons. The molecule has 0 saturated carbocycles. The SMILES string of the molecule is CC(C)(N)CO.Cn1c(=O)c2[nH]cnc2n(C)c1=O.Cn1c(=O)c2c(ncn2CC(=O)O)n(C)c1=O. The summed E-state index contributed by atoms with van der Waals surface area (Å²) in [6.45, 7) is 3.22. The van der Waals surface area contributed by atoms with Crippen LogP contribution in [0.4, 0.5) is 0 Å². The fourth-order valence-corrected chi connectivity index (χ4v) is 2.93. The van der Waals surface area contributed by atoms with Crippen LogP contribution in [0, 0.1) is 0 Å². The standard InChI is InChI=1S/C9H10N4O4.C7H8N4O2.C4H11NO/c1-11-7-6(8(16)12(2)9(11)17)13(4-10-7)3-5(14)15;1-10-5-4(8-3-9-5)6(12)11(2)7(10)13;1-4(2,5)3-6/h4H,3H2,1-2H3,(H,14,15);3H,1-2H3,(H,8,9);6H,3,5H2,1-2H3. The van der Waals surface area contributed by atoms with Crippen LogP contribution in [0.3, 0.4) is 0 Å². The summed E-state index contributed by atoms with van der Waals surface area (Å²) in [6.07, 6.45) is 2.63. The van der Waals surface area contributed by atoms with Gasteiger partial charge < -0.3 is 25.5 Å². The Morgan fingerprint density at radius 2 is 1.44 bits per heavy atom. The van der Waals surface area contributed by atoms with Crippen LogP contribution in [0.2, 0.25) is 0 Å². The van der Waals surface area contributed by atoms with Crippen molar-refractivity contribution in [3.8, 4) is 0 Å². The largest absolute Gasteiger partial charge is 0.480 e. The van der Waals surface area contributed by atoms with Crippen LogP contribution in [0.15, 0.2) is 31.8 Å². The number of aromatic nitrogens is 8. The highest BCUT2D eigenvalue weighted by Crippen LogP contribution is 2.04. The van der Waals surface area contributed by atoms with E-state index in [1.807, 2.05) is 0 Å². The van der Waals surface area contributed by atoms with Gasteiger partial charge in [0.25, 0.3) is 11.1 Å². The predicted octanol–water partition coefficient (Wildman–Crippen LogP) is -2.81. The van der Waals surface area contributed by atoms with E-state index in [0.29, 0.717) is 11.2 Å². The summed E-state index contributed by atoms with van der Waals surface area (Å²) in [7, 11) is 5.82. The lowest BCUT2D eigenvalue weighted by Crippen LogP contribution is -2.37. The number of hydrogen-bond acceptors (Lipinski definition) is 9. The molecule has 16 heteroatoms. The lowest BCUT2D eigenvalue weighted by atomic mass is 10.1. The number of fused-ring (bicyclic) bond motifs is 2. The van der Waals surface area contributed by atoms with E-state index in [1.54, 1.807) is 20.9 Å². The summed E-state index contributed by atoms with van der Waals surface area (Å²) in [4.78, 5) is 67.4. The number of carboxylic acids is 1. The Morgan fingerprint density at radius 1 is 0.944 bits per heavy atom. The summed E-state index contributed by atoms with van der Waals surface area (Å²) in [5, 5.41) is 17.0. The lowest BCUT2D eigenvalue weighted by Gasteiger charge is -2.12. The summed E-state index contributed by atoms with van der Waals surface area (Å²) >= 11 is 0. The molecular weight excluding hydrogens is 478 g/mol. The molecule has 0 aliphatic rings. The van der Waals surface area contributed by atoms with Crippen molar-refractivity contribution in [3.63, 3.8) is 0 Å². The molecule has 4 aromatic rings. The third-order valence-electron chi connectivity index (χ3n) is 4.96.